The average Bonchev–Trinajstić information content (AvgIpc) is 1.63. The Morgan fingerprint density at radius 2 is 0.621 bits per heavy atom. The maximum atomic E-state index is 12.9. The van der Waals surface area contributed by atoms with E-state index in [1.807, 2.05) is 24.3 Å². The van der Waals surface area contributed by atoms with Crippen LogP contribution in [0.15, 0.2) is 154 Å². The van der Waals surface area contributed by atoms with Gasteiger partial charge in [-0.2, -0.15) is 26.3 Å². The van der Waals surface area contributed by atoms with Crippen LogP contribution in [0.4, 0.5) is 57.5 Å². The Labute approximate surface area is 794 Å². The number of nitriles is 5. The fraction of sp³-hybridized carbons (Fsp3) is 0.286. The Balaban J connectivity index is 0.000000132. The molecule has 1 saturated carbocycles. The molecule has 712 valence electrons. The Bertz CT molecular complexity index is 7100. The lowest BCUT2D eigenvalue weighted by molar-refractivity contribution is -0.0794. The molecule has 4 aliphatic rings. The number of nitrogens with zero attached hydrogens (tertiary/aromatic N) is 25. The summed E-state index contributed by atoms with van der Waals surface area (Å²) in [7, 11) is 0. The maximum absolute atomic E-state index is 12.9. The number of amides is 5. The number of rotatable bonds is 27. The van der Waals surface area contributed by atoms with E-state index in [0.717, 1.165) is 51.6 Å². The summed E-state index contributed by atoms with van der Waals surface area (Å²) < 4.78 is 52.2. The van der Waals surface area contributed by atoms with Crippen molar-refractivity contribution in [3.05, 3.63) is 210 Å². The van der Waals surface area contributed by atoms with Crippen molar-refractivity contribution in [2.45, 2.75) is 114 Å². The van der Waals surface area contributed by atoms with Crippen molar-refractivity contribution < 1.29 is 67.0 Å². The van der Waals surface area contributed by atoms with Gasteiger partial charge in [0.2, 0.25) is 0 Å². The molecule has 2 atom stereocenters. The zero-order valence-electron chi connectivity index (χ0n) is 74.6. The van der Waals surface area contributed by atoms with Gasteiger partial charge in [-0.1, -0.05) is 6.42 Å². The number of nitrogens with one attached hydrogen (secondary N) is 5. The Hall–Kier alpha value is -18.5. The van der Waals surface area contributed by atoms with Crippen LogP contribution in [-0.4, -0.2) is 210 Å². The third kappa shape index (κ3) is 23.6. The number of nitrogen functional groups attached to an aromatic ring is 5. The van der Waals surface area contributed by atoms with Gasteiger partial charge < -0.3 is 98.3 Å². The van der Waals surface area contributed by atoms with E-state index in [9.17, 15) is 24.0 Å². The summed E-state index contributed by atoms with van der Waals surface area (Å²) in [5.41, 5.74) is 37.3. The molecule has 2 unspecified atom stereocenters. The van der Waals surface area contributed by atoms with E-state index >= 15 is 0 Å². The van der Waals surface area contributed by atoms with Gasteiger partial charge in [0.1, 0.15) is 103 Å². The molecule has 49 nitrogen and oxygen atoms in total. The standard InChI is InChI=1S/C20H21N7O2.C19H19N7O3.C18H17N7O3.C17H15N7O3.C17H17N7O3/c21-8-6-13-10-24-19-17(18(22)26-27(19)12-13)20(28)25-15-11-23-9-7-16(15)29-14-4-2-1-3-5-14;20-5-3-12-8-23-18-16(17(21)25-26(18)10-12)19(27)24-14-9-22-6-4-15(14)29-13-2-1-7-28-11-13;19-4-1-11-7-22-17-15(16(20)24-25(17)9-11)18(26)23-13-8-21-5-2-14(13)28-12-3-6-27-10-12;18-3-1-10-5-21-16-14(15(19)23-24(16)7-10)17(25)22-12-6-20-4-2-13(12)27-11-8-26-9-11;18-4-2-11-8-21-16-14(15(19)23-24(16)10-11)17(26)22-12-9-20-5-3-13(12)27-7-1-6-25/h7,9-12,14H,1-6H2,(H2,22,26)(H,25,28);4,6,8-10,13H,1-3,7,11H2,(H2,21,25)(H,24,27);2,5,7-9,12H,1,3,6,10H2,(H2,20,24)(H,23,26);2,4-7,11H,1,8-9H2,(H2,19,23)(H,22,25);3,5,8-10,25H,1-2,6-7H2,(H2,19,23)(H,22,26). The number of pyridine rings is 5. The fourth-order valence-corrected chi connectivity index (χ4v) is 14.6. The molecule has 0 spiro atoms. The summed E-state index contributed by atoms with van der Waals surface area (Å²) in [6, 6.07) is 18.6. The molecular weight excluding hydrogens is 1810 g/mol. The highest BCUT2D eigenvalue weighted by Crippen LogP contribution is 2.35. The van der Waals surface area contributed by atoms with Crippen LogP contribution in [0.5, 0.6) is 28.7 Å². The lowest BCUT2D eigenvalue weighted by Gasteiger charge is -2.27. The molecule has 4 fully saturated rings. The van der Waals surface area contributed by atoms with Gasteiger partial charge in [-0.3, -0.25) is 48.9 Å². The van der Waals surface area contributed by atoms with Gasteiger partial charge in [0.15, 0.2) is 57.3 Å². The first-order chi connectivity index (χ1) is 68.2. The lowest BCUT2D eigenvalue weighted by Crippen LogP contribution is -2.38. The molecule has 15 aromatic rings. The number of hydrogen-bond acceptors (Lipinski definition) is 39. The minimum absolute atomic E-state index is 0.00512. The highest BCUT2D eigenvalue weighted by atomic mass is 16.6. The molecule has 49 heteroatoms. The van der Waals surface area contributed by atoms with E-state index in [4.69, 9.17) is 98.0 Å². The molecule has 140 heavy (non-hydrogen) atoms. The number of carbonyl (C=O) groups excluding carboxylic acids is 5. The molecule has 16 N–H and O–H groups in total. The number of aliphatic hydroxyl groups excluding tert-OH is 1. The molecule has 19 rings (SSSR count). The Morgan fingerprint density at radius 3 is 0.893 bits per heavy atom. The van der Waals surface area contributed by atoms with Gasteiger partial charge >= 0.3 is 0 Å². The maximum Gasteiger partial charge on any atom is 0.263 e. The van der Waals surface area contributed by atoms with Crippen LogP contribution < -0.4 is 78.9 Å². The van der Waals surface area contributed by atoms with E-state index in [2.05, 4.69) is 108 Å². The average molecular weight is 1900 g/mol. The summed E-state index contributed by atoms with van der Waals surface area (Å²) in [5, 5.41) is 87.3. The predicted octanol–water partition coefficient (Wildman–Crippen LogP) is 7.10. The van der Waals surface area contributed by atoms with E-state index in [0.29, 0.717) is 154 Å². The smallest absolute Gasteiger partial charge is 0.263 e. The number of anilines is 10. The number of carbonyl (C=O) groups is 5. The van der Waals surface area contributed by atoms with Gasteiger partial charge in [0.25, 0.3) is 29.5 Å². The zero-order valence-corrected chi connectivity index (χ0v) is 74.6. The minimum Gasteiger partial charge on any atom is -0.491 e. The van der Waals surface area contributed by atoms with Crippen molar-refractivity contribution in [1.82, 2.24) is 97.9 Å². The number of ether oxygens (including phenoxy) is 8. The van der Waals surface area contributed by atoms with Crippen molar-refractivity contribution in [3.8, 4) is 59.1 Å². The Morgan fingerprint density at radius 1 is 0.350 bits per heavy atom. The van der Waals surface area contributed by atoms with Gasteiger partial charge in [-0.15, -0.1) is 25.5 Å². The molecular formula is C91H89N35O14. The molecule has 3 saturated heterocycles. The summed E-state index contributed by atoms with van der Waals surface area (Å²) in [6.07, 6.45) is 40.6. The second-order valence-electron chi connectivity index (χ2n) is 31.4. The van der Waals surface area contributed by atoms with Crippen molar-refractivity contribution >= 4 is 115 Å². The molecule has 3 aliphatic heterocycles. The molecule has 1 aliphatic carbocycles. The highest BCUT2D eigenvalue weighted by Gasteiger charge is 2.31. The van der Waals surface area contributed by atoms with Crippen molar-refractivity contribution in [1.29, 1.82) is 26.3 Å². The summed E-state index contributed by atoms with van der Waals surface area (Å²) in [6.45, 7) is 3.71. The van der Waals surface area contributed by atoms with Crippen LogP contribution >= 0.6 is 0 Å². The molecule has 0 radical (unpaired) electrons. The lowest BCUT2D eigenvalue weighted by atomic mass is 9.98. The molecule has 0 bridgehead atoms. The Kier molecular flexibility index (Phi) is 31.5. The molecule has 15 aromatic heterocycles. The van der Waals surface area contributed by atoms with Gasteiger partial charge in [0, 0.05) is 177 Å². The first kappa shape index (κ1) is 96.1. The van der Waals surface area contributed by atoms with E-state index in [1.165, 1.54) is 91.0 Å². The summed E-state index contributed by atoms with van der Waals surface area (Å²) >= 11 is 0. The number of hydrogen-bond donors (Lipinski definition) is 11. The SMILES string of the molecule is N#CCc1cnc2c(C(=O)Nc3cnccc3OC3CCCCC3)c(N)nn2c1.N#CCc1cnc2c(C(=O)Nc3cnccc3OC3CCCOC3)c(N)nn2c1.N#CCc1cnc2c(C(=O)Nc3cnccc3OC3CCOC3)c(N)nn2c1.N#CCc1cnc2c(C(=O)Nc3cnccc3OC3COC3)c(N)nn2c1.N#CCc1cnc2c(C(=O)Nc3cnccc3OCCCO)c(N)nn2c1. The fourth-order valence-electron chi connectivity index (χ4n) is 14.6. The van der Waals surface area contributed by atoms with Crippen LogP contribution in [0.2, 0.25) is 0 Å². The first-order valence-electron chi connectivity index (χ1n) is 43.6. The van der Waals surface area contributed by atoms with Crippen LogP contribution in [0, 0.1) is 56.7 Å². The van der Waals surface area contributed by atoms with Crippen LogP contribution in [0.3, 0.4) is 0 Å². The number of aromatic nitrogens is 20. The van der Waals surface area contributed by atoms with Crippen LogP contribution in [0.25, 0.3) is 28.2 Å². The molecule has 5 amide bonds. The summed E-state index contributed by atoms with van der Waals surface area (Å²) in [5.74, 6) is 0.290. The second-order valence-corrected chi connectivity index (χ2v) is 31.4. The van der Waals surface area contributed by atoms with Crippen molar-refractivity contribution in [2.24, 2.45) is 0 Å². The largest absolute Gasteiger partial charge is 0.491 e. The topological polar surface area (TPSA) is 704 Å². The van der Waals surface area contributed by atoms with E-state index in [1.54, 1.807) is 92.3 Å². The number of aliphatic hydroxyl groups is 1. The van der Waals surface area contributed by atoms with Crippen LogP contribution in [-0.2, 0) is 46.3 Å². The monoisotopic (exact) mass is 1900 g/mol. The zero-order chi connectivity index (χ0) is 98.0. The van der Waals surface area contributed by atoms with E-state index < -0.39 is 29.5 Å². The second kappa shape index (κ2) is 46.0. The summed E-state index contributed by atoms with van der Waals surface area (Å²) in [4.78, 5) is 106. The normalized spacial score (nSPS) is 14.3. The highest BCUT2D eigenvalue weighted by molar-refractivity contribution is 6.15. The first-order valence-corrected chi connectivity index (χ1v) is 43.6. The quantitative estimate of drug-likeness (QED) is 0.0229. The van der Waals surface area contributed by atoms with Crippen molar-refractivity contribution in [2.75, 3.05) is 108 Å². The van der Waals surface area contributed by atoms with Crippen LogP contribution in [0.1, 0.15) is 137 Å². The molecule has 0 aromatic carbocycles. The van der Waals surface area contributed by atoms with Gasteiger partial charge in [0.05, 0.1) is 139 Å². The van der Waals surface area contributed by atoms with Crippen molar-refractivity contribution in [3.63, 3.8) is 0 Å². The third-order valence-corrected chi connectivity index (χ3v) is 21.4. The molecule has 18 heterocycles. The number of fused-ring (bicyclic) bond motifs is 5. The minimum atomic E-state index is -0.511. The third-order valence-electron chi connectivity index (χ3n) is 21.4. The van der Waals surface area contributed by atoms with E-state index in [-0.39, 0.29) is 126 Å². The van der Waals surface area contributed by atoms with Gasteiger partial charge in [-0.25, -0.2) is 47.5 Å². The van der Waals surface area contributed by atoms with Gasteiger partial charge in [-0.05, 0) is 38.5 Å². The number of nitrogens with two attached hydrogens (primary N) is 5. The predicted molar refractivity (Wildman–Crippen MR) is 499 cm³/mol.